The lowest BCUT2D eigenvalue weighted by molar-refractivity contribution is -0.113. The molecule has 2 rings (SSSR count). The third-order valence-electron chi connectivity index (χ3n) is 2.84. The van der Waals surface area contributed by atoms with Crippen molar-refractivity contribution in [1.82, 2.24) is 10.2 Å². The van der Waals surface area contributed by atoms with Gasteiger partial charge in [-0.1, -0.05) is 54.3 Å². The number of halogens is 1. The summed E-state index contributed by atoms with van der Waals surface area (Å²) in [6, 6.07) is 5.85. The number of amides is 1. The second-order valence-electron chi connectivity index (χ2n) is 4.86. The molecular weight excluding hydrogens is 414 g/mol. The summed E-state index contributed by atoms with van der Waals surface area (Å²) in [5, 5.41) is 11.2. The molecule has 1 aromatic heterocycles. The van der Waals surface area contributed by atoms with Gasteiger partial charge in [-0.2, -0.15) is 0 Å². The first-order valence-electron chi connectivity index (χ1n) is 7.23. The topological polar surface area (TPSA) is 54.9 Å². The van der Waals surface area contributed by atoms with Crippen molar-refractivity contribution < 1.29 is 4.79 Å². The van der Waals surface area contributed by atoms with E-state index in [0.29, 0.717) is 5.75 Å². The molecule has 2 aromatic rings. The number of aromatic nitrogens is 2. The van der Waals surface area contributed by atoms with E-state index in [4.69, 9.17) is 0 Å². The van der Waals surface area contributed by atoms with Crippen LogP contribution in [0.25, 0.3) is 0 Å². The highest BCUT2D eigenvalue weighted by Gasteiger charge is 2.10. The molecule has 124 valence electrons. The molecule has 0 saturated heterocycles. The molecule has 1 heterocycles. The smallest absolute Gasteiger partial charge is 0.234 e. The zero-order chi connectivity index (χ0) is 16.7. The molecule has 8 heteroatoms. The second-order valence-corrected chi connectivity index (χ2v) is 9.25. The summed E-state index contributed by atoms with van der Waals surface area (Å²) < 4.78 is 2.70. The molecule has 0 unspecified atom stereocenters. The average molecular weight is 432 g/mol. The van der Waals surface area contributed by atoms with E-state index in [1.807, 2.05) is 25.1 Å². The molecule has 0 aliphatic heterocycles. The van der Waals surface area contributed by atoms with Crippen molar-refractivity contribution in [2.24, 2.45) is 0 Å². The molecule has 1 N–H and O–H groups in total. The standard InChI is InChI=1S/C15H18BrN3OS3/c1-3-4-7-21-14-18-19-15(23-14)22-9-13(20)17-12-6-5-10(2)8-11(12)16/h5-6,8H,3-4,7,9H2,1-2H3,(H,17,20). The summed E-state index contributed by atoms with van der Waals surface area (Å²) >= 11 is 8.16. The zero-order valence-electron chi connectivity index (χ0n) is 13.0. The van der Waals surface area contributed by atoms with Crippen molar-refractivity contribution in [3.8, 4) is 0 Å². The molecule has 1 amide bonds. The second kappa shape index (κ2) is 9.66. The highest BCUT2D eigenvalue weighted by Crippen LogP contribution is 2.29. The third kappa shape index (κ3) is 6.45. The number of nitrogens with zero attached hydrogens (tertiary/aromatic N) is 2. The van der Waals surface area contributed by atoms with Crippen LogP contribution in [0.1, 0.15) is 25.3 Å². The summed E-state index contributed by atoms with van der Waals surface area (Å²) in [7, 11) is 0. The van der Waals surface area contributed by atoms with Gasteiger partial charge >= 0.3 is 0 Å². The largest absolute Gasteiger partial charge is 0.324 e. The van der Waals surface area contributed by atoms with Gasteiger partial charge in [0.2, 0.25) is 5.91 Å². The van der Waals surface area contributed by atoms with Crippen LogP contribution in [-0.4, -0.2) is 27.6 Å². The minimum atomic E-state index is -0.0464. The number of unbranched alkanes of at least 4 members (excludes halogenated alkanes) is 1. The highest BCUT2D eigenvalue weighted by atomic mass is 79.9. The first-order valence-corrected chi connectivity index (χ1v) is 10.8. The fraction of sp³-hybridized carbons (Fsp3) is 0.400. The lowest BCUT2D eigenvalue weighted by Crippen LogP contribution is -2.14. The molecule has 0 fully saturated rings. The van der Waals surface area contributed by atoms with E-state index in [-0.39, 0.29) is 5.91 Å². The van der Waals surface area contributed by atoms with E-state index in [2.05, 4.69) is 38.4 Å². The normalized spacial score (nSPS) is 10.7. The Labute approximate surface area is 157 Å². The van der Waals surface area contributed by atoms with E-state index in [0.717, 1.165) is 30.2 Å². The van der Waals surface area contributed by atoms with Crippen molar-refractivity contribution in [2.75, 3.05) is 16.8 Å². The maximum absolute atomic E-state index is 12.0. The number of benzene rings is 1. The van der Waals surface area contributed by atoms with Crippen LogP contribution in [0.2, 0.25) is 0 Å². The average Bonchev–Trinajstić information content (AvgIpc) is 2.96. The Morgan fingerprint density at radius 2 is 2.04 bits per heavy atom. The first kappa shape index (κ1) is 18.8. The van der Waals surface area contributed by atoms with E-state index in [9.17, 15) is 4.79 Å². The number of thioether (sulfide) groups is 2. The number of aryl methyl sites for hydroxylation is 1. The SMILES string of the molecule is CCCCSc1nnc(SCC(=O)Nc2ccc(C)cc2Br)s1. The van der Waals surface area contributed by atoms with Crippen LogP contribution in [0.4, 0.5) is 5.69 Å². The van der Waals surface area contributed by atoms with Gasteiger partial charge < -0.3 is 5.32 Å². The molecule has 4 nitrogen and oxygen atoms in total. The van der Waals surface area contributed by atoms with Crippen molar-refractivity contribution >= 4 is 62.4 Å². The Morgan fingerprint density at radius 1 is 1.30 bits per heavy atom. The summed E-state index contributed by atoms with van der Waals surface area (Å²) in [6.45, 7) is 4.19. The molecule has 0 bridgehead atoms. The van der Waals surface area contributed by atoms with Gasteiger partial charge in [-0.25, -0.2) is 0 Å². The lowest BCUT2D eigenvalue weighted by atomic mass is 10.2. The summed E-state index contributed by atoms with van der Waals surface area (Å²) in [4.78, 5) is 12.0. The molecule has 0 aliphatic rings. The molecule has 0 spiro atoms. The number of anilines is 1. The van der Waals surface area contributed by atoms with E-state index >= 15 is 0 Å². The van der Waals surface area contributed by atoms with Gasteiger partial charge in [0.15, 0.2) is 8.68 Å². The summed E-state index contributed by atoms with van der Waals surface area (Å²) in [5.41, 5.74) is 1.93. The van der Waals surface area contributed by atoms with E-state index in [1.165, 1.54) is 24.6 Å². The molecule has 0 aliphatic carbocycles. The highest BCUT2D eigenvalue weighted by molar-refractivity contribution is 9.10. The number of hydrogen-bond acceptors (Lipinski definition) is 6. The van der Waals surface area contributed by atoms with Gasteiger partial charge in [-0.15, -0.1) is 10.2 Å². The van der Waals surface area contributed by atoms with Gasteiger partial charge in [0.05, 0.1) is 11.4 Å². The van der Waals surface area contributed by atoms with Crippen molar-refractivity contribution in [3.63, 3.8) is 0 Å². The minimum absolute atomic E-state index is 0.0464. The Balaban J connectivity index is 1.80. The van der Waals surface area contributed by atoms with Crippen LogP contribution in [0.3, 0.4) is 0 Å². The monoisotopic (exact) mass is 431 g/mol. The van der Waals surface area contributed by atoms with Gasteiger partial charge in [0, 0.05) is 10.2 Å². The van der Waals surface area contributed by atoms with E-state index < -0.39 is 0 Å². The zero-order valence-corrected chi connectivity index (χ0v) is 17.0. The molecular formula is C15H18BrN3OS3. The maximum Gasteiger partial charge on any atom is 0.234 e. The predicted octanol–water partition coefficient (Wildman–Crippen LogP) is 5.23. The first-order chi connectivity index (χ1) is 11.1. The Bertz CT molecular complexity index is 663. The van der Waals surface area contributed by atoms with Crippen LogP contribution in [0.15, 0.2) is 31.4 Å². The minimum Gasteiger partial charge on any atom is -0.324 e. The van der Waals surface area contributed by atoms with Gasteiger partial charge in [-0.3, -0.25) is 4.79 Å². The van der Waals surface area contributed by atoms with Gasteiger partial charge in [0.25, 0.3) is 0 Å². The Kier molecular flexibility index (Phi) is 7.88. The molecule has 0 atom stereocenters. The van der Waals surface area contributed by atoms with Crippen molar-refractivity contribution in [3.05, 3.63) is 28.2 Å². The lowest BCUT2D eigenvalue weighted by Gasteiger charge is -2.07. The van der Waals surface area contributed by atoms with Crippen molar-refractivity contribution in [1.29, 1.82) is 0 Å². The summed E-state index contributed by atoms with van der Waals surface area (Å²) in [5.74, 6) is 1.35. The molecule has 23 heavy (non-hydrogen) atoms. The quantitative estimate of drug-likeness (QED) is 0.457. The number of carbonyl (C=O) groups excluding carboxylic acids is 1. The van der Waals surface area contributed by atoms with Crippen LogP contribution < -0.4 is 5.32 Å². The third-order valence-corrected chi connectivity index (χ3v) is 6.77. The van der Waals surface area contributed by atoms with Crippen LogP contribution in [-0.2, 0) is 4.79 Å². The number of hydrogen-bond donors (Lipinski definition) is 1. The molecule has 0 radical (unpaired) electrons. The fourth-order valence-electron chi connectivity index (χ4n) is 1.65. The fourth-order valence-corrected chi connectivity index (χ4v) is 5.22. The predicted molar refractivity (Wildman–Crippen MR) is 104 cm³/mol. The molecule has 0 saturated carbocycles. The Hall–Kier alpha value is -0.570. The van der Waals surface area contributed by atoms with Gasteiger partial charge in [0.1, 0.15) is 0 Å². The van der Waals surface area contributed by atoms with E-state index in [1.54, 1.807) is 23.1 Å². The van der Waals surface area contributed by atoms with Crippen molar-refractivity contribution in [2.45, 2.75) is 35.4 Å². The number of nitrogens with one attached hydrogen (secondary N) is 1. The van der Waals surface area contributed by atoms with Gasteiger partial charge in [-0.05, 0) is 47.0 Å². The van der Waals surface area contributed by atoms with Crippen LogP contribution in [0, 0.1) is 6.92 Å². The Morgan fingerprint density at radius 3 is 2.74 bits per heavy atom. The maximum atomic E-state index is 12.0. The molecule has 1 aromatic carbocycles. The number of carbonyl (C=O) groups is 1. The van der Waals surface area contributed by atoms with Crippen LogP contribution in [0.5, 0.6) is 0 Å². The van der Waals surface area contributed by atoms with Crippen LogP contribution >= 0.6 is 50.8 Å². The number of rotatable bonds is 8. The summed E-state index contributed by atoms with van der Waals surface area (Å²) in [6.07, 6.45) is 2.36.